The molecule has 2 aromatic carbocycles. The van der Waals surface area contributed by atoms with Gasteiger partial charge in [-0.3, -0.25) is 9.59 Å². The molecule has 1 aliphatic rings. The SMILES string of the molecule is Cc1cccc(NC(=O)C[C@H]2C(=O)NCCN2C(=S)Nc2ccccc2)c1. The summed E-state index contributed by atoms with van der Waals surface area (Å²) in [5.41, 5.74) is 2.61. The molecule has 7 heteroatoms. The lowest BCUT2D eigenvalue weighted by Gasteiger charge is -2.36. The van der Waals surface area contributed by atoms with Crippen molar-refractivity contribution in [3.05, 3.63) is 60.2 Å². The second-order valence-corrected chi connectivity index (χ2v) is 6.80. The first-order valence-corrected chi connectivity index (χ1v) is 9.20. The number of nitrogens with zero attached hydrogens (tertiary/aromatic N) is 1. The van der Waals surface area contributed by atoms with Crippen LogP contribution in [0.2, 0.25) is 0 Å². The first-order chi connectivity index (χ1) is 13.0. The Labute approximate surface area is 163 Å². The van der Waals surface area contributed by atoms with Crippen LogP contribution in [-0.4, -0.2) is 41.0 Å². The maximum Gasteiger partial charge on any atom is 0.243 e. The minimum Gasteiger partial charge on any atom is -0.353 e. The van der Waals surface area contributed by atoms with E-state index < -0.39 is 6.04 Å². The van der Waals surface area contributed by atoms with Crippen LogP contribution >= 0.6 is 12.2 Å². The molecule has 3 N–H and O–H groups in total. The molecule has 1 fully saturated rings. The van der Waals surface area contributed by atoms with E-state index in [4.69, 9.17) is 12.2 Å². The van der Waals surface area contributed by atoms with Gasteiger partial charge in [0.15, 0.2) is 5.11 Å². The highest BCUT2D eigenvalue weighted by Gasteiger charge is 2.33. The highest BCUT2D eigenvalue weighted by Crippen LogP contribution is 2.15. The molecule has 140 valence electrons. The van der Waals surface area contributed by atoms with E-state index in [9.17, 15) is 9.59 Å². The van der Waals surface area contributed by atoms with Gasteiger partial charge in [0, 0.05) is 24.5 Å². The molecule has 27 heavy (non-hydrogen) atoms. The van der Waals surface area contributed by atoms with Gasteiger partial charge in [-0.25, -0.2) is 0 Å². The fourth-order valence-electron chi connectivity index (χ4n) is 2.99. The predicted octanol–water partition coefficient (Wildman–Crippen LogP) is 2.52. The molecule has 0 radical (unpaired) electrons. The Hall–Kier alpha value is -2.93. The topological polar surface area (TPSA) is 73.5 Å². The number of hydrogen-bond donors (Lipinski definition) is 3. The molecule has 1 saturated heterocycles. The highest BCUT2D eigenvalue weighted by atomic mass is 32.1. The zero-order valence-electron chi connectivity index (χ0n) is 15.1. The number of aryl methyl sites for hydroxylation is 1. The van der Waals surface area contributed by atoms with Gasteiger partial charge in [0.05, 0.1) is 6.42 Å². The summed E-state index contributed by atoms with van der Waals surface area (Å²) in [6, 6.07) is 16.4. The Morgan fingerprint density at radius 2 is 1.89 bits per heavy atom. The average Bonchev–Trinajstić information content (AvgIpc) is 2.64. The molecule has 2 amide bonds. The number of carbonyl (C=O) groups is 2. The molecule has 0 aliphatic carbocycles. The standard InChI is InChI=1S/C20H22N4O2S/c1-14-6-5-9-16(12-14)22-18(25)13-17-19(26)21-10-11-24(17)20(27)23-15-7-3-2-4-8-15/h2-9,12,17H,10-11,13H2,1H3,(H,21,26)(H,22,25)(H,23,27)/t17-/m0/s1. The van der Waals surface area contributed by atoms with Gasteiger partial charge in [-0.05, 0) is 49.0 Å². The third-order valence-corrected chi connectivity index (χ3v) is 4.63. The zero-order valence-corrected chi connectivity index (χ0v) is 15.9. The summed E-state index contributed by atoms with van der Waals surface area (Å²) in [6.45, 7) is 3.00. The molecule has 3 rings (SSSR count). The first kappa shape index (κ1) is 18.8. The van der Waals surface area contributed by atoms with Crippen LogP contribution in [0.4, 0.5) is 11.4 Å². The smallest absolute Gasteiger partial charge is 0.243 e. The molecule has 0 unspecified atom stereocenters. The number of hydrogen-bond acceptors (Lipinski definition) is 3. The zero-order chi connectivity index (χ0) is 19.2. The number of amides is 2. The van der Waals surface area contributed by atoms with Gasteiger partial charge in [-0.2, -0.15) is 0 Å². The van der Waals surface area contributed by atoms with Gasteiger partial charge in [0.2, 0.25) is 11.8 Å². The van der Waals surface area contributed by atoms with E-state index in [2.05, 4.69) is 16.0 Å². The Morgan fingerprint density at radius 1 is 1.15 bits per heavy atom. The third kappa shape index (κ3) is 5.04. The van der Waals surface area contributed by atoms with Gasteiger partial charge >= 0.3 is 0 Å². The summed E-state index contributed by atoms with van der Waals surface area (Å²) in [5.74, 6) is -0.423. The van der Waals surface area contributed by atoms with Crippen LogP contribution in [-0.2, 0) is 9.59 Å². The molecule has 1 atom stereocenters. The average molecular weight is 382 g/mol. The molecule has 0 saturated carbocycles. The second kappa shape index (κ2) is 8.64. The Balaban J connectivity index is 1.67. The molecular weight excluding hydrogens is 360 g/mol. The number of rotatable bonds is 4. The molecule has 6 nitrogen and oxygen atoms in total. The largest absolute Gasteiger partial charge is 0.353 e. The van der Waals surface area contributed by atoms with Crippen LogP contribution in [0.15, 0.2) is 54.6 Å². The number of para-hydroxylation sites is 1. The van der Waals surface area contributed by atoms with E-state index in [1.165, 1.54) is 0 Å². The third-order valence-electron chi connectivity index (χ3n) is 4.30. The van der Waals surface area contributed by atoms with Gasteiger partial charge < -0.3 is 20.9 Å². The molecule has 0 bridgehead atoms. The number of thiocarbonyl (C=S) groups is 1. The number of anilines is 2. The minimum atomic E-state index is -0.646. The van der Waals surface area contributed by atoms with Gasteiger partial charge in [-0.15, -0.1) is 0 Å². The number of nitrogens with one attached hydrogen (secondary N) is 3. The molecule has 0 spiro atoms. The summed E-state index contributed by atoms with van der Waals surface area (Å²) in [7, 11) is 0. The summed E-state index contributed by atoms with van der Waals surface area (Å²) in [4.78, 5) is 26.6. The van der Waals surface area contributed by atoms with Crippen molar-refractivity contribution in [1.82, 2.24) is 10.2 Å². The summed E-state index contributed by atoms with van der Waals surface area (Å²) >= 11 is 5.49. The van der Waals surface area contributed by atoms with Crippen molar-refractivity contribution in [2.45, 2.75) is 19.4 Å². The maximum atomic E-state index is 12.5. The van der Waals surface area contributed by atoms with Crippen LogP contribution in [0.5, 0.6) is 0 Å². The van der Waals surface area contributed by atoms with Crippen molar-refractivity contribution in [3.63, 3.8) is 0 Å². The van der Waals surface area contributed by atoms with E-state index in [1.807, 2.05) is 61.5 Å². The lowest BCUT2D eigenvalue weighted by molar-refractivity contribution is -0.130. The molecular formula is C20H22N4O2S. The summed E-state index contributed by atoms with van der Waals surface area (Å²) in [5, 5.41) is 9.23. The normalized spacial score (nSPS) is 16.4. The fourth-order valence-corrected chi connectivity index (χ4v) is 3.32. The monoisotopic (exact) mass is 382 g/mol. The number of benzene rings is 2. The van der Waals surface area contributed by atoms with Crippen molar-refractivity contribution in [2.24, 2.45) is 0 Å². The van der Waals surface area contributed by atoms with Gasteiger partial charge in [-0.1, -0.05) is 30.3 Å². The van der Waals surface area contributed by atoms with Crippen LogP contribution in [0, 0.1) is 6.92 Å². The Morgan fingerprint density at radius 3 is 2.63 bits per heavy atom. The number of carbonyl (C=O) groups excluding carboxylic acids is 2. The van der Waals surface area contributed by atoms with Crippen molar-refractivity contribution < 1.29 is 9.59 Å². The van der Waals surface area contributed by atoms with Gasteiger partial charge in [0.1, 0.15) is 6.04 Å². The van der Waals surface area contributed by atoms with E-state index in [0.717, 1.165) is 11.3 Å². The second-order valence-electron chi connectivity index (χ2n) is 6.42. The Kier molecular flexibility index (Phi) is 6.03. The van der Waals surface area contributed by atoms with Crippen LogP contribution in [0.1, 0.15) is 12.0 Å². The molecule has 1 aliphatic heterocycles. The quantitative estimate of drug-likeness (QED) is 0.709. The van der Waals surface area contributed by atoms with Crippen molar-refractivity contribution in [3.8, 4) is 0 Å². The van der Waals surface area contributed by atoms with Crippen molar-refractivity contribution in [2.75, 3.05) is 23.7 Å². The van der Waals surface area contributed by atoms with Crippen molar-refractivity contribution in [1.29, 1.82) is 0 Å². The lowest BCUT2D eigenvalue weighted by atomic mass is 10.1. The highest BCUT2D eigenvalue weighted by molar-refractivity contribution is 7.80. The minimum absolute atomic E-state index is 0.0242. The predicted molar refractivity (Wildman–Crippen MR) is 111 cm³/mol. The molecule has 1 heterocycles. The number of piperazine rings is 1. The summed E-state index contributed by atoms with van der Waals surface area (Å²) < 4.78 is 0. The van der Waals surface area contributed by atoms with E-state index in [0.29, 0.717) is 23.9 Å². The fraction of sp³-hybridized carbons (Fsp3) is 0.250. The van der Waals surface area contributed by atoms with Crippen LogP contribution in [0.25, 0.3) is 0 Å². The molecule has 0 aromatic heterocycles. The van der Waals surface area contributed by atoms with E-state index >= 15 is 0 Å². The maximum absolute atomic E-state index is 12.5. The van der Waals surface area contributed by atoms with Gasteiger partial charge in [0.25, 0.3) is 0 Å². The van der Waals surface area contributed by atoms with E-state index in [1.54, 1.807) is 4.90 Å². The van der Waals surface area contributed by atoms with Crippen molar-refractivity contribution >= 4 is 40.5 Å². The summed E-state index contributed by atoms with van der Waals surface area (Å²) in [6.07, 6.45) is 0.0242. The lowest BCUT2D eigenvalue weighted by Crippen LogP contribution is -2.58. The molecule has 2 aromatic rings. The Bertz CT molecular complexity index is 841. The van der Waals surface area contributed by atoms with Crippen LogP contribution in [0.3, 0.4) is 0 Å². The van der Waals surface area contributed by atoms with E-state index in [-0.39, 0.29) is 18.2 Å². The first-order valence-electron chi connectivity index (χ1n) is 8.80. The van der Waals surface area contributed by atoms with Crippen LogP contribution < -0.4 is 16.0 Å².